The monoisotopic (exact) mass is 373 g/mol. The summed E-state index contributed by atoms with van der Waals surface area (Å²) in [6.45, 7) is 2.71. The molecule has 0 atom stereocenters. The van der Waals surface area contributed by atoms with Gasteiger partial charge in [-0.2, -0.15) is 4.31 Å². The van der Waals surface area contributed by atoms with E-state index >= 15 is 0 Å². The Hall–Kier alpha value is 0.190. The number of nitrogens with zero attached hydrogens (tertiary/aromatic N) is 1. The van der Waals surface area contributed by atoms with E-state index in [-0.39, 0.29) is 9.92 Å². The zero-order chi connectivity index (χ0) is 13.8. The Labute approximate surface area is 126 Å². The lowest BCUT2D eigenvalue weighted by molar-refractivity contribution is 0.428. The first-order valence-corrected chi connectivity index (χ1v) is 8.76. The van der Waals surface area contributed by atoms with Gasteiger partial charge in [0.15, 0.2) is 0 Å². The molecule has 0 amide bonds. The van der Waals surface area contributed by atoms with Crippen molar-refractivity contribution in [3.8, 4) is 0 Å². The van der Waals surface area contributed by atoms with E-state index in [1.807, 2.05) is 6.92 Å². The summed E-state index contributed by atoms with van der Waals surface area (Å²) in [6, 6.07) is 4.35. The van der Waals surface area contributed by atoms with Crippen LogP contribution in [0.2, 0.25) is 10.0 Å². The van der Waals surface area contributed by atoms with Crippen molar-refractivity contribution in [1.82, 2.24) is 4.31 Å². The summed E-state index contributed by atoms with van der Waals surface area (Å²) in [4.78, 5) is 0.174. The second-order valence-corrected chi connectivity index (χ2v) is 7.16. The number of hydrogen-bond acceptors (Lipinski definition) is 2. The van der Waals surface area contributed by atoms with Crippen LogP contribution < -0.4 is 0 Å². The summed E-state index contributed by atoms with van der Waals surface area (Å²) in [7, 11) is -3.49. The highest BCUT2D eigenvalue weighted by atomic mass is 79.9. The molecule has 1 rings (SSSR count). The SMILES string of the molecule is CCN(CCCBr)S(=O)(=O)c1ccc(Cl)c(Cl)c1. The van der Waals surface area contributed by atoms with Gasteiger partial charge in [-0.05, 0) is 24.6 Å². The van der Waals surface area contributed by atoms with E-state index < -0.39 is 10.0 Å². The molecule has 0 N–H and O–H groups in total. The number of sulfonamides is 1. The molecule has 7 heteroatoms. The number of alkyl halides is 1. The first kappa shape index (κ1) is 16.2. The van der Waals surface area contributed by atoms with Gasteiger partial charge in [0.2, 0.25) is 10.0 Å². The smallest absolute Gasteiger partial charge is 0.207 e. The predicted molar refractivity (Wildman–Crippen MR) is 79.3 cm³/mol. The van der Waals surface area contributed by atoms with Gasteiger partial charge < -0.3 is 0 Å². The van der Waals surface area contributed by atoms with Gasteiger partial charge in [-0.25, -0.2) is 8.42 Å². The van der Waals surface area contributed by atoms with Gasteiger partial charge in [0, 0.05) is 18.4 Å². The second kappa shape index (κ2) is 7.10. The molecule has 1 aromatic rings. The first-order chi connectivity index (χ1) is 8.43. The van der Waals surface area contributed by atoms with E-state index in [1.165, 1.54) is 22.5 Å². The molecule has 18 heavy (non-hydrogen) atoms. The van der Waals surface area contributed by atoms with Crippen molar-refractivity contribution < 1.29 is 8.42 Å². The minimum atomic E-state index is -3.49. The van der Waals surface area contributed by atoms with E-state index in [9.17, 15) is 8.42 Å². The maximum Gasteiger partial charge on any atom is 0.243 e. The molecule has 0 saturated carbocycles. The standard InChI is InChI=1S/C11H14BrCl2NO2S/c1-2-15(7-3-6-12)18(16,17)9-4-5-10(13)11(14)8-9/h4-5,8H,2-3,6-7H2,1H3. The molecule has 0 radical (unpaired) electrons. The quantitative estimate of drug-likeness (QED) is 0.710. The number of benzene rings is 1. The molecular formula is C11H14BrCl2NO2S. The van der Waals surface area contributed by atoms with Crippen molar-refractivity contribution in [2.75, 3.05) is 18.4 Å². The number of rotatable bonds is 6. The molecule has 0 aliphatic heterocycles. The fourth-order valence-corrected chi connectivity index (χ4v) is 3.60. The fraction of sp³-hybridized carbons (Fsp3) is 0.455. The molecule has 0 spiro atoms. The van der Waals surface area contributed by atoms with Gasteiger partial charge >= 0.3 is 0 Å². The lowest BCUT2D eigenvalue weighted by Gasteiger charge is -2.20. The van der Waals surface area contributed by atoms with E-state index in [0.29, 0.717) is 18.1 Å². The van der Waals surface area contributed by atoms with E-state index in [1.54, 1.807) is 0 Å². The normalized spacial score (nSPS) is 12.1. The van der Waals surface area contributed by atoms with Crippen LogP contribution in [0.4, 0.5) is 0 Å². The van der Waals surface area contributed by atoms with Crippen LogP contribution >= 0.6 is 39.1 Å². The van der Waals surface area contributed by atoms with Crippen molar-refractivity contribution in [3.05, 3.63) is 28.2 Å². The molecule has 0 aliphatic rings. The molecule has 0 bridgehead atoms. The molecule has 0 unspecified atom stereocenters. The third-order valence-electron chi connectivity index (χ3n) is 2.42. The van der Waals surface area contributed by atoms with E-state index in [2.05, 4.69) is 15.9 Å². The Morgan fingerprint density at radius 1 is 1.28 bits per heavy atom. The third kappa shape index (κ3) is 3.84. The maximum atomic E-state index is 12.3. The van der Waals surface area contributed by atoms with Crippen LogP contribution in [0.1, 0.15) is 13.3 Å². The van der Waals surface area contributed by atoms with Gasteiger partial charge in [0.1, 0.15) is 0 Å². The van der Waals surface area contributed by atoms with E-state index in [4.69, 9.17) is 23.2 Å². The minimum absolute atomic E-state index is 0.174. The van der Waals surface area contributed by atoms with Crippen LogP contribution in [0.15, 0.2) is 23.1 Å². The van der Waals surface area contributed by atoms with Gasteiger partial charge in [0.05, 0.1) is 14.9 Å². The Kier molecular flexibility index (Phi) is 6.41. The fourth-order valence-electron chi connectivity index (χ4n) is 1.47. The molecule has 0 fully saturated rings. The lowest BCUT2D eigenvalue weighted by Crippen LogP contribution is -2.32. The predicted octanol–water partition coefficient (Wildman–Crippen LogP) is 3.79. The largest absolute Gasteiger partial charge is 0.243 e. The van der Waals surface area contributed by atoms with Gasteiger partial charge in [-0.1, -0.05) is 46.1 Å². The molecule has 3 nitrogen and oxygen atoms in total. The van der Waals surface area contributed by atoms with Gasteiger partial charge in [-0.15, -0.1) is 0 Å². The maximum absolute atomic E-state index is 12.3. The van der Waals surface area contributed by atoms with Crippen LogP contribution in [-0.4, -0.2) is 31.1 Å². The molecule has 0 aromatic heterocycles. The third-order valence-corrected chi connectivity index (χ3v) is 5.69. The lowest BCUT2D eigenvalue weighted by atomic mass is 10.4. The summed E-state index contributed by atoms with van der Waals surface area (Å²) < 4.78 is 26.1. The summed E-state index contributed by atoms with van der Waals surface area (Å²) in [5.74, 6) is 0. The first-order valence-electron chi connectivity index (χ1n) is 5.44. The highest BCUT2D eigenvalue weighted by Gasteiger charge is 2.23. The van der Waals surface area contributed by atoms with Crippen LogP contribution in [0.25, 0.3) is 0 Å². The average Bonchev–Trinajstić information content (AvgIpc) is 2.33. The van der Waals surface area contributed by atoms with Crippen LogP contribution in [0.5, 0.6) is 0 Å². The highest BCUT2D eigenvalue weighted by Crippen LogP contribution is 2.26. The second-order valence-electron chi connectivity index (χ2n) is 3.62. The summed E-state index contributed by atoms with van der Waals surface area (Å²) in [6.07, 6.45) is 0.758. The molecule has 1 aromatic carbocycles. The molecule has 0 saturated heterocycles. The highest BCUT2D eigenvalue weighted by molar-refractivity contribution is 9.09. The molecule has 0 aliphatic carbocycles. The number of halogens is 3. The topological polar surface area (TPSA) is 37.4 Å². The van der Waals surface area contributed by atoms with Crippen molar-refractivity contribution in [3.63, 3.8) is 0 Å². The zero-order valence-electron chi connectivity index (χ0n) is 9.87. The van der Waals surface area contributed by atoms with Crippen molar-refractivity contribution >= 4 is 49.2 Å². The van der Waals surface area contributed by atoms with Gasteiger partial charge in [-0.3, -0.25) is 0 Å². The zero-order valence-corrected chi connectivity index (χ0v) is 13.8. The van der Waals surface area contributed by atoms with Crippen molar-refractivity contribution in [2.45, 2.75) is 18.2 Å². The molecule has 0 heterocycles. The van der Waals surface area contributed by atoms with Gasteiger partial charge in [0.25, 0.3) is 0 Å². The van der Waals surface area contributed by atoms with Crippen LogP contribution in [0.3, 0.4) is 0 Å². The summed E-state index contributed by atoms with van der Waals surface area (Å²) >= 11 is 14.9. The summed E-state index contributed by atoms with van der Waals surface area (Å²) in [5.41, 5.74) is 0. The summed E-state index contributed by atoms with van der Waals surface area (Å²) in [5, 5.41) is 1.36. The van der Waals surface area contributed by atoms with Crippen LogP contribution in [-0.2, 0) is 10.0 Å². The van der Waals surface area contributed by atoms with Crippen LogP contribution in [0, 0.1) is 0 Å². The Morgan fingerprint density at radius 3 is 2.44 bits per heavy atom. The van der Waals surface area contributed by atoms with Crippen molar-refractivity contribution in [1.29, 1.82) is 0 Å². The Balaban J connectivity index is 3.06. The van der Waals surface area contributed by atoms with Crippen molar-refractivity contribution in [2.24, 2.45) is 0 Å². The minimum Gasteiger partial charge on any atom is -0.207 e. The molecular weight excluding hydrogens is 361 g/mol. The number of hydrogen-bond donors (Lipinski definition) is 0. The molecule has 102 valence electrons. The Bertz CT molecular complexity index is 508. The Morgan fingerprint density at radius 2 is 1.94 bits per heavy atom. The average molecular weight is 375 g/mol. The van der Waals surface area contributed by atoms with E-state index in [0.717, 1.165) is 11.8 Å².